The van der Waals surface area contributed by atoms with Gasteiger partial charge in [-0.15, -0.1) is 0 Å². The molecule has 3 unspecified atom stereocenters. The van der Waals surface area contributed by atoms with Gasteiger partial charge in [-0.25, -0.2) is 0 Å². The van der Waals surface area contributed by atoms with Gasteiger partial charge in [-0.3, -0.25) is 4.90 Å². The van der Waals surface area contributed by atoms with E-state index in [1.54, 1.807) is 0 Å². The molecule has 2 heteroatoms. The SMILES string of the molecule is CCCCCCC(C)N1CCC(NC)CC1C. The summed E-state index contributed by atoms with van der Waals surface area (Å²) in [6, 6.07) is 2.27. The maximum Gasteiger partial charge on any atom is 0.00910 e. The molecule has 3 atom stereocenters. The van der Waals surface area contributed by atoms with Crippen LogP contribution in [0.3, 0.4) is 0 Å². The Labute approximate surface area is 108 Å². The number of hydrogen-bond donors (Lipinski definition) is 1. The third-order valence-electron chi connectivity index (χ3n) is 4.38. The minimum Gasteiger partial charge on any atom is -0.317 e. The van der Waals surface area contributed by atoms with Crippen molar-refractivity contribution in [1.82, 2.24) is 10.2 Å². The first-order valence-corrected chi connectivity index (χ1v) is 7.62. The molecule has 0 saturated carbocycles. The molecule has 0 bridgehead atoms. The Morgan fingerprint density at radius 2 is 2.06 bits per heavy atom. The van der Waals surface area contributed by atoms with Gasteiger partial charge in [-0.05, 0) is 40.2 Å². The standard InChI is InChI=1S/C15H32N2/c1-5-6-7-8-9-13(2)17-11-10-15(16-4)12-14(17)3/h13-16H,5-12H2,1-4H3. The minimum absolute atomic E-state index is 0.744. The van der Waals surface area contributed by atoms with Gasteiger partial charge < -0.3 is 5.32 Å². The smallest absolute Gasteiger partial charge is 0.00910 e. The third-order valence-corrected chi connectivity index (χ3v) is 4.38. The molecule has 102 valence electrons. The Bertz CT molecular complexity index is 193. The summed E-state index contributed by atoms with van der Waals surface area (Å²) in [6.07, 6.45) is 9.60. The Kier molecular flexibility index (Phi) is 7.14. The normalized spacial score (nSPS) is 28.2. The summed E-state index contributed by atoms with van der Waals surface area (Å²) in [6.45, 7) is 8.38. The summed E-state index contributed by atoms with van der Waals surface area (Å²) in [7, 11) is 2.10. The van der Waals surface area contributed by atoms with Crippen molar-refractivity contribution in [2.24, 2.45) is 0 Å². The molecule has 17 heavy (non-hydrogen) atoms. The van der Waals surface area contributed by atoms with E-state index in [4.69, 9.17) is 0 Å². The molecule has 0 aromatic rings. The van der Waals surface area contributed by atoms with Crippen molar-refractivity contribution in [3.8, 4) is 0 Å². The monoisotopic (exact) mass is 240 g/mol. The second-order valence-electron chi connectivity index (χ2n) is 5.80. The van der Waals surface area contributed by atoms with E-state index in [1.807, 2.05) is 0 Å². The topological polar surface area (TPSA) is 15.3 Å². The van der Waals surface area contributed by atoms with Gasteiger partial charge in [0.25, 0.3) is 0 Å². The van der Waals surface area contributed by atoms with Crippen LogP contribution in [0.1, 0.15) is 65.7 Å². The van der Waals surface area contributed by atoms with E-state index in [-0.39, 0.29) is 0 Å². The van der Waals surface area contributed by atoms with Crippen molar-refractivity contribution in [3.63, 3.8) is 0 Å². The van der Waals surface area contributed by atoms with Crippen molar-refractivity contribution >= 4 is 0 Å². The quantitative estimate of drug-likeness (QED) is 0.686. The second kappa shape index (κ2) is 8.10. The highest BCUT2D eigenvalue weighted by Crippen LogP contribution is 2.22. The van der Waals surface area contributed by atoms with Crippen LogP contribution in [-0.4, -0.2) is 36.6 Å². The van der Waals surface area contributed by atoms with Crippen LogP contribution in [0.4, 0.5) is 0 Å². The number of nitrogens with one attached hydrogen (secondary N) is 1. The van der Waals surface area contributed by atoms with Crippen LogP contribution < -0.4 is 5.32 Å². The number of rotatable bonds is 7. The van der Waals surface area contributed by atoms with Gasteiger partial charge in [-0.1, -0.05) is 32.6 Å². The molecule has 1 aliphatic heterocycles. The fraction of sp³-hybridized carbons (Fsp3) is 1.00. The predicted molar refractivity (Wildman–Crippen MR) is 76.5 cm³/mol. The highest BCUT2D eigenvalue weighted by atomic mass is 15.2. The van der Waals surface area contributed by atoms with Crippen LogP contribution in [0.2, 0.25) is 0 Å². The lowest BCUT2D eigenvalue weighted by Crippen LogP contribution is -2.50. The molecule has 1 fully saturated rings. The molecule has 1 rings (SSSR count). The number of hydrogen-bond acceptors (Lipinski definition) is 2. The van der Waals surface area contributed by atoms with Crippen LogP contribution in [0.5, 0.6) is 0 Å². The van der Waals surface area contributed by atoms with Crippen molar-refractivity contribution in [1.29, 1.82) is 0 Å². The number of likely N-dealkylation sites (tertiary alicyclic amines) is 1. The van der Waals surface area contributed by atoms with E-state index in [2.05, 4.69) is 38.0 Å². The molecule has 0 aromatic carbocycles. The van der Waals surface area contributed by atoms with Crippen LogP contribution >= 0.6 is 0 Å². The lowest BCUT2D eigenvalue weighted by Gasteiger charge is -2.41. The molecule has 0 spiro atoms. The zero-order valence-corrected chi connectivity index (χ0v) is 12.3. The Morgan fingerprint density at radius 1 is 1.29 bits per heavy atom. The van der Waals surface area contributed by atoms with Gasteiger partial charge in [0.05, 0.1) is 0 Å². The summed E-state index contributed by atoms with van der Waals surface area (Å²) in [5.41, 5.74) is 0. The van der Waals surface area contributed by atoms with E-state index in [0.29, 0.717) is 0 Å². The fourth-order valence-electron chi connectivity index (χ4n) is 3.14. The molecule has 0 aliphatic carbocycles. The van der Waals surface area contributed by atoms with Gasteiger partial charge in [-0.2, -0.15) is 0 Å². The highest BCUT2D eigenvalue weighted by Gasteiger charge is 2.27. The Hall–Kier alpha value is -0.0800. The van der Waals surface area contributed by atoms with Crippen LogP contribution in [0.15, 0.2) is 0 Å². The summed E-state index contributed by atoms with van der Waals surface area (Å²) in [5, 5.41) is 3.43. The zero-order chi connectivity index (χ0) is 12.7. The molecule has 1 aliphatic rings. The molecule has 2 nitrogen and oxygen atoms in total. The van der Waals surface area contributed by atoms with E-state index in [9.17, 15) is 0 Å². The summed E-state index contributed by atoms with van der Waals surface area (Å²) >= 11 is 0. The van der Waals surface area contributed by atoms with Gasteiger partial charge in [0.1, 0.15) is 0 Å². The zero-order valence-electron chi connectivity index (χ0n) is 12.3. The molecule has 1 N–H and O–H groups in total. The Balaban J connectivity index is 2.24. The average molecular weight is 240 g/mol. The fourth-order valence-corrected chi connectivity index (χ4v) is 3.14. The predicted octanol–water partition coefficient (Wildman–Crippen LogP) is 3.42. The molecule has 0 amide bonds. The van der Waals surface area contributed by atoms with Crippen molar-refractivity contribution < 1.29 is 0 Å². The lowest BCUT2D eigenvalue weighted by atomic mass is 9.95. The van der Waals surface area contributed by atoms with Crippen molar-refractivity contribution in [2.75, 3.05) is 13.6 Å². The summed E-state index contributed by atoms with van der Waals surface area (Å²) in [4.78, 5) is 2.72. The maximum atomic E-state index is 3.43. The molecule has 1 heterocycles. The van der Waals surface area contributed by atoms with Crippen molar-refractivity contribution in [3.05, 3.63) is 0 Å². The first kappa shape index (κ1) is 15.0. The van der Waals surface area contributed by atoms with Gasteiger partial charge >= 0.3 is 0 Å². The largest absolute Gasteiger partial charge is 0.317 e. The Morgan fingerprint density at radius 3 is 2.65 bits per heavy atom. The molecule has 0 radical (unpaired) electrons. The van der Waals surface area contributed by atoms with Crippen LogP contribution in [-0.2, 0) is 0 Å². The number of unbranched alkanes of at least 4 members (excludes halogenated alkanes) is 3. The van der Waals surface area contributed by atoms with Crippen LogP contribution in [0, 0.1) is 0 Å². The van der Waals surface area contributed by atoms with Gasteiger partial charge in [0.2, 0.25) is 0 Å². The van der Waals surface area contributed by atoms with E-state index >= 15 is 0 Å². The van der Waals surface area contributed by atoms with E-state index < -0.39 is 0 Å². The van der Waals surface area contributed by atoms with Gasteiger partial charge in [0, 0.05) is 24.7 Å². The average Bonchev–Trinajstić information content (AvgIpc) is 2.34. The summed E-state index contributed by atoms with van der Waals surface area (Å²) < 4.78 is 0. The van der Waals surface area contributed by atoms with E-state index in [1.165, 1.54) is 51.5 Å². The molecular formula is C15H32N2. The number of nitrogens with zero attached hydrogens (tertiary/aromatic N) is 1. The molecule has 1 saturated heterocycles. The van der Waals surface area contributed by atoms with Crippen molar-refractivity contribution in [2.45, 2.75) is 83.8 Å². The highest BCUT2D eigenvalue weighted by molar-refractivity contribution is 4.84. The first-order valence-electron chi connectivity index (χ1n) is 7.62. The molecular weight excluding hydrogens is 208 g/mol. The molecule has 0 aromatic heterocycles. The first-order chi connectivity index (χ1) is 8.19. The maximum absolute atomic E-state index is 3.43. The third kappa shape index (κ3) is 4.97. The van der Waals surface area contributed by atoms with E-state index in [0.717, 1.165) is 18.1 Å². The minimum atomic E-state index is 0.744. The number of piperidine rings is 1. The summed E-state index contributed by atoms with van der Waals surface area (Å²) in [5.74, 6) is 0. The second-order valence-corrected chi connectivity index (χ2v) is 5.80. The lowest BCUT2D eigenvalue weighted by molar-refractivity contribution is 0.0917. The van der Waals surface area contributed by atoms with Crippen LogP contribution in [0.25, 0.3) is 0 Å². The van der Waals surface area contributed by atoms with Gasteiger partial charge in [0.15, 0.2) is 0 Å².